The first-order valence-electron chi connectivity index (χ1n) is 7.95. The Morgan fingerprint density at radius 1 is 1.32 bits per heavy atom. The van der Waals surface area contributed by atoms with Gasteiger partial charge in [0.05, 0.1) is 6.61 Å². The first-order chi connectivity index (χ1) is 12.1. The molecule has 0 spiro atoms. The van der Waals surface area contributed by atoms with E-state index in [4.69, 9.17) is 4.74 Å². The number of hydrogen-bond acceptors (Lipinski definition) is 6. The molecule has 3 aromatic heterocycles. The van der Waals surface area contributed by atoms with Gasteiger partial charge >= 0.3 is 0 Å². The third-order valence-corrected chi connectivity index (χ3v) is 3.50. The van der Waals surface area contributed by atoms with Crippen molar-refractivity contribution in [1.29, 1.82) is 0 Å². The fraction of sp³-hybridized carbons (Fsp3) is 0.312. The van der Waals surface area contributed by atoms with E-state index in [0.29, 0.717) is 35.4 Å². The van der Waals surface area contributed by atoms with Gasteiger partial charge in [-0.1, -0.05) is 6.07 Å². The molecule has 0 fully saturated rings. The second kappa shape index (κ2) is 7.12. The Kier molecular flexibility index (Phi) is 4.73. The van der Waals surface area contributed by atoms with E-state index in [0.717, 1.165) is 6.54 Å². The van der Waals surface area contributed by atoms with Crippen LogP contribution in [0.2, 0.25) is 0 Å². The van der Waals surface area contributed by atoms with Crippen LogP contribution < -0.4 is 10.1 Å². The van der Waals surface area contributed by atoms with Crippen LogP contribution >= 0.6 is 0 Å². The van der Waals surface area contributed by atoms with E-state index < -0.39 is 0 Å². The average Bonchev–Trinajstić information content (AvgIpc) is 3.21. The lowest BCUT2D eigenvalue weighted by Crippen LogP contribution is -2.14. The van der Waals surface area contributed by atoms with E-state index in [1.807, 2.05) is 24.5 Å². The van der Waals surface area contributed by atoms with Gasteiger partial charge in [-0.15, -0.1) is 15.3 Å². The highest BCUT2D eigenvalue weighted by atomic mass is 16.5. The second-order valence-corrected chi connectivity index (χ2v) is 5.26. The first-order valence-corrected chi connectivity index (χ1v) is 7.95. The van der Waals surface area contributed by atoms with E-state index in [-0.39, 0.29) is 5.91 Å². The number of hydrogen-bond donors (Lipinski definition) is 1. The van der Waals surface area contributed by atoms with E-state index in [1.165, 1.54) is 4.68 Å². The molecule has 3 heterocycles. The maximum absolute atomic E-state index is 12.5. The van der Waals surface area contributed by atoms with Crippen molar-refractivity contribution in [3.63, 3.8) is 0 Å². The van der Waals surface area contributed by atoms with Crippen LogP contribution in [0.3, 0.4) is 0 Å². The summed E-state index contributed by atoms with van der Waals surface area (Å²) in [6, 6.07) is 5.34. The van der Waals surface area contributed by atoms with Crippen LogP contribution in [0, 0.1) is 0 Å². The molecule has 0 bridgehead atoms. The minimum Gasteiger partial charge on any atom is -0.476 e. The summed E-state index contributed by atoms with van der Waals surface area (Å²) < 4.78 is 8.81. The lowest BCUT2D eigenvalue weighted by molar-refractivity contribution is 0.102. The summed E-state index contributed by atoms with van der Waals surface area (Å²) in [6.45, 7) is 4.99. The molecule has 9 nitrogen and oxygen atoms in total. The van der Waals surface area contributed by atoms with Gasteiger partial charge in [0, 0.05) is 19.8 Å². The number of anilines is 1. The number of ether oxygens (including phenoxy) is 1. The Morgan fingerprint density at radius 2 is 2.16 bits per heavy atom. The summed E-state index contributed by atoms with van der Waals surface area (Å²) in [6.07, 6.45) is 3.25. The quantitative estimate of drug-likeness (QED) is 0.733. The number of carbonyl (C=O) groups excluding carboxylic acids is 1. The number of carbonyl (C=O) groups is 1. The molecule has 25 heavy (non-hydrogen) atoms. The zero-order valence-electron chi connectivity index (χ0n) is 14.3. The number of aromatic nitrogens is 6. The fourth-order valence-corrected chi connectivity index (χ4v) is 2.36. The summed E-state index contributed by atoms with van der Waals surface area (Å²) in [5, 5.41) is 14.9. The third kappa shape index (κ3) is 3.49. The Labute approximate surface area is 144 Å². The van der Waals surface area contributed by atoms with Gasteiger partial charge in [-0.2, -0.15) is 0 Å². The molecule has 0 aliphatic rings. The Hall–Kier alpha value is -3.23. The second-order valence-electron chi connectivity index (χ2n) is 5.26. The maximum Gasteiger partial charge on any atom is 0.263 e. The summed E-state index contributed by atoms with van der Waals surface area (Å²) in [7, 11) is 1.73. The van der Waals surface area contributed by atoms with Gasteiger partial charge < -0.3 is 14.6 Å². The molecule has 1 amide bonds. The lowest BCUT2D eigenvalue weighted by atomic mass is 10.3. The molecule has 3 aromatic rings. The number of nitrogens with one attached hydrogen (secondary N) is 1. The smallest absolute Gasteiger partial charge is 0.263 e. The van der Waals surface area contributed by atoms with Crippen LogP contribution in [0.25, 0.3) is 11.5 Å². The van der Waals surface area contributed by atoms with Crippen molar-refractivity contribution in [3.05, 3.63) is 36.3 Å². The number of rotatable bonds is 6. The molecule has 0 unspecified atom stereocenters. The highest BCUT2D eigenvalue weighted by Crippen LogP contribution is 2.19. The minimum absolute atomic E-state index is 0.296. The van der Waals surface area contributed by atoms with Crippen molar-refractivity contribution in [1.82, 2.24) is 29.5 Å². The number of nitrogens with zero attached hydrogens (tertiary/aromatic N) is 6. The van der Waals surface area contributed by atoms with Crippen molar-refractivity contribution < 1.29 is 9.53 Å². The van der Waals surface area contributed by atoms with Gasteiger partial charge in [0.1, 0.15) is 23.4 Å². The van der Waals surface area contributed by atoms with Crippen LogP contribution in [-0.2, 0) is 13.6 Å². The molecule has 0 aliphatic carbocycles. The molecule has 9 heteroatoms. The molecule has 0 aromatic carbocycles. The lowest BCUT2D eigenvalue weighted by Gasteiger charge is -2.07. The summed E-state index contributed by atoms with van der Waals surface area (Å²) in [5.74, 6) is 1.02. The van der Waals surface area contributed by atoms with Gasteiger partial charge in [-0.3, -0.25) is 9.48 Å². The van der Waals surface area contributed by atoms with Crippen molar-refractivity contribution in [2.45, 2.75) is 20.4 Å². The highest BCUT2D eigenvalue weighted by Gasteiger charge is 2.18. The SMILES string of the molecule is CCOc1nn(C)cc1C(=O)Nc1cccc(-c2nncn2CC)n1. The highest BCUT2D eigenvalue weighted by molar-refractivity contribution is 6.05. The standard InChI is InChI=1S/C16H19N7O2/c1-4-23-10-17-20-14(23)12-7-6-8-13(18-12)19-15(24)11-9-22(3)21-16(11)25-5-2/h6-10H,4-5H2,1-3H3,(H,18,19,24). The maximum atomic E-state index is 12.5. The topological polar surface area (TPSA) is 99.8 Å². The number of pyridine rings is 1. The van der Waals surface area contributed by atoms with Crippen LogP contribution in [0.4, 0.5) is 5.82 Å². The molecular weight excluding hydrogens is 322 g/mol. The Balaban J connectivity index is 1.84. The largest absolute Gasteiger partial charge is 0.476 e. The van der Waals surface area contributed by atoms with Gasteiger partial charge in [0.15, 0.2) is 5.82 Å². The summed E-state index contributed by atoms with van der Waals surface area (Å²) in [5.41, 5.74) is 0.988. The molecule has 0 saturated heterocycles. The van der Waals surface area contributed by atoms with E-state index >= 15 is 0 Å². The van der Waals surface area contributed by atoms with Crippen LogP contribution in [0.5, 0.6) is 5.88 Å². The zero-order valence-corrected chi connectivity index (χ0v) is 14.3. The molecule has 0 atom stereocenters. The van der Waals surface area contributed by atoms with E-state index in [9.17, 15) is 4.79 Å². The predicted molar refractivity (Wildman–Crippen MR) is 91.3 cm³/mol. The first kappa shape index (κ1) is 16.6. The molecule has 0 saturated carbocycles. The van der Waals surface area contributed by atoms with Gasteiger partial charge in [0.2, 0.25) is 5.88 Å². The fourth-order valence-electron chi connectivity index (χ4n) is 2.36. The van der Waals surface area contributed by atoms with Crippen molar-refractivity contribution >= 4 is 11.7 Å². The van der Waals surface area contributed by atoms with Gasteiger partial charge in [-0.05, 0) is 26.0 Å². The van der Waals surface area contributed by atoms with Gasteiger partial charge in [-0.25, -0.2) is 4.98 Å². The normalized spacial score (nSPS) is 10.7. The zero-order chi connectivity index (χ0) is 17.8. The number of aryl methyl sites for hydroxylation is 2. The molecule has 3 rings (SSSR count). The minimum atomic E-state index is -0.335. The summed E-state index contributed by atoms with van der Waals surface area (Å²) >= 11 is 0. The number of amides is 1. The van der Waals surface area contributed by atoms with Crippen molar-refractivity contribution in [3.8, 4) is 17.4 Å². The Bertz CT molecular complexity index is 884. The van der Waals surface area contributed by atoms with Crippen molar-refractivity contribution in [2.24, 2.45) is 7.05 Å². The molecule has 130 valence electrons. The van der Waals surface area contributed by atoms with Gasteiger partial charge in [0.25, 0.3) is 5.91 Å². The Morgan fingerprint density at radius 3 is 2.92 bits per heavy atom. The van der Waals surface area contributed by atoms with Crippen LogP contribution in [0.1, 0.15) is 24.2 Å². The predicted octanol–water partition coefficient (Wildman–Crippen LogP) is 1.74. The monoisotopic (exact) mass is 341 g/mol. The van der Waals surface area contributed by atoms with E-state index in [2.05, 4.69) is 25.6 Å². The van der Waals surface area contributed by atoms with Crippen molar-refractivity contribution in [2.75, 3.05) is 11.9 Å². The van der Waals surface area contributed by atoms with E-state index in [1.54, 1.807) is 31.7 Å². The summed E-state index contributed by atoms with van der Waals surface area (Å²) in [4.78, 5) is 17.0. The molecule has 0 aliphatic heterocycles. The average molecular weight is 341 g/mol. The molecule has 1 N–H and O–H groups in total. The third-order valence-electron chi connectivity index (χ3n) is 3.50. The van der Waals surface area contributed by atoms with Crippen LogP contribution in [-0.4, -0.2) is 42.0 Å². The molecular formula is C16H19N7O2. The molecule has 0 radical (unpaired) electrons. The van der Waals surface area contributed by atoms with Crippen LogP contribution in [0.15, 0.2) is 30.7 Å².